The summed E-state index contributed by atoms with van der Waals surface area (Å²) in [5.74, 6) is -1.11. The molecule has 0 bridgehead atoms. The third kappa shape index (κ3) is 3.71. The van der Waals surface area contributed by atoms with Gasteiger partial charge in [-0.2, -0.15) is 0 Å². The summed E-state index contributed by atoms with van der Waals surface area (Å²) >= 11 is 0. The maximum atomic E-state index is 13.3. The molecule has 0 radical (unpaired) electrons. The fourth-order valence-corrected chi connectivity index (χ4v) is 1.38. The maximum Gasteiger partial charge on any atom is 0.335 e. The van der Waals surface area contributed by atoms with E-state index in [1.54, 1.807) is 13.0 Å². The van der Waals surface area contributed by atoms with E-state index >= 15 is 0 Å². The lowest BCUT2D eigenvalue weighted by atomic mass is 10.1. The minimum Gasteiger partial charge on any atom is -0.494 e. The molecule has 4 nitrogen and oxygen atoms in total. The molecule has 1 atom stereocenters. The number of ether oxygens (including phenoxy) is 2. The summed E-state index contributed by atoms with van der Waals surface area (Å²) in [6, 6.07) is 4.26. The summed E-state index contributed by atoms with van der Waals surface area (Å²) in [6.07, 6.45) is -1.26. The van der Waals surface area contributed by atoms with Crippen molar-refractivity contribution in [2.45, 2.75) is 19.4 Å². The topological polar surface area (TPSA) is 55.8 Å². The van der Waals surface area contributed by atoms with Crippen LogP contribution in [0.1, 0.15) is 12.5 Å². The Hall–Kier alpha value is -1.62. The lowest BCUT2D eigenvalue weighted by Gasteiger charge is -2.10. The van der Waals surface area contributed by atoms with Gasteiger partial charge >= 0.3 is 5.97 Å². The first kappa shape index (κ1) is 13.4. The summed E-state index contributed by atoms with van der Waals surface area (Å²) in [6.45, 7) is 1.85. The first-order valence-corrected chi connectivity index (χ1v) is 5.25. The first-order valence-electron chi connectivity index (χ1n) is 5.25. The lowest BCUT2D eigenvalue weighted by Crippen LogP contribution is -2.25. The molecule has 5 heteroatoms. The number of methoxy groups -OCH3 is 1. The highest BCUT2D eigenvalue weighted by molar-refractivity contribution is 5.74. The van der Waals surface area contributed by atoms with Gasteiger partial charge in [-0.3, -0.25) is 0 Å². The standard InChI is InChI=1S/C12H15FO4/c1-3-17-12(15)10(14)7-8-4-5-11(16-2)9(13)6-8/h4-6,10,14H,3,7H2,1-2H3. The molecule has 0 amide bonds. The second kappa shape index (κ2) is 6.20. The molecule has 0 fully saturated rings. The van der Waals surface area contributed by atoms with Gasteiger partial charge in [-0.25, -0.2) is 9.18 Å². The molecule has 0 aliphatic rings. The zero-order chi connectivity index (χ0) is 12.8. The van der Waals surface area contributed by atoms with E-state index in [9.17, 15) is 14.3 Å². The maximum absolute atomic E-state index is 13.3. The van der Waals surface area contributed by atoms with Crippen molar-refractivity contribution in [3.63, 3.8) is 0 Å². The van der Waals surface area contributed by atoms with Crippen LogP contribution in [0.2, 0.25) is 0 Å². The zero-order valence-electron chi connectivity index (χ0n) is 9.77. The number of carbonyl (C=O) groups is 1. The number of esters is 1. The molecule has 1 aromatic rings. The summed E-state index contributed by atoms with van der Waals surface area (Å²) in [7, 11) is 1.37. The number of carbonyl (C=O) groups excluding carboxylic acids is 1. The van der Waals surface area contributed by atoms with Crippen LogP contribution in [0.3, 0.4) is 0 Å². The number of hydrogen-bond donors (Lipinski definition) is 1. The number of benzene rings is 1. The number of hydrogen-bond acceptors (Lipinski definition) is 4. The van der Waals surface area contributed by atoms with Crippen LogP contribution in [-0.4, -0.2) is 30.9 Å². The van der Waals surface area contributed by atoms with Crippen molar-refractivity contribution in [2.24, 2.45) is 0 Å². The average molecular weight is 242 g/mol. The van der Waals surface area contributed by atoms with Crippen LogP contribution in [0, 0.1) is 5.82 Å². The van der Waals surface area contributed by atoms with Crippen LogP contribution in [0.15, 0.2) is 18.2 Å². The Kier molecular flexibility index (Phi) is 4.90. The molecule has 0 saturated carbocycles. The van der Waals surface area contributed by atoms with Crippen LogP contribution < -0.4 is 4.74 Å². The van der Waals surface area contributed by atoms with Gasteiger partial charge in [0.15, 0.2) is 17.7 Å². The van der Waals surface area contributed by atoms with Gasteiger partial charge in [-0.1, -0.05) is 6.07 Å². The number of aliphatic hydroxyl groups excluding tert-OH is 1. The smallest absolute Gasteiger partial charge is 0.335 e. The van der Waals surface area contributed by atoms with E-state index < -0.39 is 17.9 Å². The Morgan fingerprint density at radius 2 is 2.24 bits per heavy atom. The normalized spacial score (nSPS) is 12.0. The molecule has 94 valence electrons. The molecular weight excluding hydrogens is 227 g/mol. The highest BCUT2D eigenvalue weighted by atomic mass is 19.1. The van der Waals surface area contributed by atoms with E-state index in [1.165, 1.54) is 19.2 Å². The largest absolute Gasteiger partial charge is 0.494 e. The predicted octanol–water partition coefficient (Wildman–Crippen LogP) is 1.30. The van der Waals surface area contributed by atoms with Gasteiger partial charge in [0.05, 0.1) is 13.7 Å². The van der Waals surface area contributed by atoms with Crippen molar-refractivity contribution in [1.29, 1.82) is 0 Å². The predicted molar refractivity (Wildman–Crippen MR) is 59.3 cm³/mol. The van der Waals surface area contributed by atoms with Crippen LogP contribution >= 0.6 is 0 Å². The third-order valence-electron chi connectivity index (χ3n) is 2.20. The lowest BCUT2D eigenvalue weighted by molar-refractivity contribution is -0.152. The van der Waals surface area contributed by atoms with Gasteiger partial charge in [0.25, 0.3) is 0 Å². The Morgan fingerprint density at radius 1 is 1.53 bits per heavy atom. The van der Waals surface area contributed by atoms with Crippen LogP contribution in [-0.2, 0) is 16.0 Å². The Labute approximate surface area is 99.0 Å². The molecule has 1 N–H and O–H groups in total. The number of rotatable bonds is 5. The van der Waals surface area contributed by atoms with Crippen molar-refractivity contribution >= 4 is 5.97 Å². The molecule has 0 aliphatic carbocycles. The second-order valence-electron chi connectivity index (χ2n) is 3.44. The molecule has 1 aromatic carbocycles. The molecule has 1 rings (SSSR count). The van der Waals surface area contributed by atoms with E-state index in [4.69, 9.17) is 4.74 Å². The van der Waals surface area contributed by atoms with Gasteiger partial charge in [0.2, 0.25) is 0 Å². The quantitative estimate of drug-likeness (QED) is 0.791. The molecule has 0 saturated heterocycles. The van der Waals surface area contributed by atoms with Crippen LogP contribution in [0.25, 0.3) is 0 Å². The zero-order valence-corrected chi connectivity index (χ0v) is 9.77. The van der Waals surface area contributed by atoms with Gasteiger partial charge < -0.3 is 14.6 Å². The average Bonchev–Trinajstić information content (AvgIpc) is 2.29. The van der Waals surface area contributed by atoms with Crippen LogP contribution in [0.4, 0.5) is 4.39 Å². The molecule has 17 heavy (non-hydrogen) atoms. The number of aliphatic hydroxyl groups is 1. The number of halogens is 1. The summed E-state index contributed by atoms with van der Waals surface area (Å²) in [5.41, 5.74) is 0.504. The van der Waals surface area contributed by atoms with E-state index in [-0.39, 0.29) is 18.8 Å². The highest BCUT2D eigenvalue weighted by Gasteiger charge is 2.17. The van der Waals surface area contributed by atoms with Gasteiger partial charge in [0.1, 0.15) is 0 Å². The molecule has 0 aromatic heterocycles. The van der Waals surface area contributed by atoms with Gasteiger partial charge in [0, 0.05) is 6.42 Å². The summed E-state index contributed by atoms with van der Waals surface area (Å²) < 4.78 is 22.7. The van der Waals surface area contributed by atoms with E-state index in [0.717, 1.165) is 0 Å². The molecule has 0 heterocycles. The van der Waals surface area contributed by atoms with Crippen molar-refractivity contribution in [1.82, 2.24) is 0 Å². The van der Waals surface area contributed by atoms with Crippen molar-refractivity contribution in [3.8, 4) is 5.75 Å². The van der Waals surface area contributed by atoms with E-state index in [1.807, 2.05) is 0 Å². The molecular formula is C12H15FO4. The Morgan fingerprint density at radius 3 is 2.76 bits per heavy atom. The summed E-state index contributed by atoms with van der Waals surface area (Å²) in [4.78, 5) is 11.2. The minimum atomic E-state index is -1.28. The fraction of sp³-hybridized carbons (Fsp3) is 0.417. The first-order chi connectivity index (χ1) is 8.08. The van der Waals surface area contributed by atoms with Crippen molar-refractivity contribution in [2.75, 3.05) is 13.7 Å². The second-order valence-corrected chi connectivity index (χ2v) is 3.44. The highest BCUT2D eigenvalue weighted by Crippen LogP contribution is 2.18. The molecule has 1 unspecified atom stereocenters. The van der Waals surface area contributed by atoms with Crippen LogP contribution in [0.5, 0.6) is 5.75 Å². The Bertz CT molecular complexity index is 392. The van der Waals surface area contributed by atoms with Crippen molar-refractivity contribution < 1.29 is 23.8 Å². The minimum absolute atomic E-state index is 0.0136. The van der Waals surface area contributed by atoms with Crippen molar-refractivity contribution in [3.05, 3.63) is 29.6 Å². The van der Waals surface area contributed by atoms with E-state index in [2.05, 4.69) is 4.74 Å². The van der Waals surface area contributed by atoms with Gasteiger partial charge in [-0.05, 0) is 24.6 Å². The van der Waals surface area contributed by atoms with E-state index in [0.29, 0.717) is 5.56 Å². The third-order valence-corrected chi connectivity index (χ3v) is 2.20. The SMILES string of the molecule is CCOC(=O)C(O)Cc1ccc(OC)c(F)c1. The molecule has 0 spiro atoms. The molecule has 0 aliphatic heterocycles. The fourth-order valence-electron chi connectivity index (χ4n) is 1.38. The Balaban J connectivity index is 2.68. The van der Waals surface area contributed by atoms with Gasteiger partial charge in [-0.15, -0.1) is 0 Å². The monoisotopic (exact) mass is 242 g/mol. The summed E-state index contributed by atoms with van der Waals surface area (Å²) in [5, 5.41) is 9.49.